The number of aliphatic imine (C=N–C) groups is 1. The largest absolute Gasteiger partial charge is 0.379 e. The number of hydrogen-bond acceptors (Lipinski definition) is 3. The van der Waals surface area contributed by atoms with Crippen LogP contribution in [-0.4, -0.2) is 24.0 Å². The molecule has 19 heavy (non-hydrogen) atoms. The van der Waals surface area contributed by atoms with Gasteiger partial charge in [0.25, 0.3) is 0 Å². The average Bonchev–Trinajstić information content (AvgIpc) is 2.41. The lowest BCUT2D eigenvalue weighted by Gasteiger charge is -2.44. The SMILES string of the molecule is CC1=NC2(c3cc(Br)ccc3F)COCCC2CS1. The summed E-state index contributed by atoms with van der Waals surface area (Å²) in [6.07, 6.45) is 0.940. The molecule has 0 aromatic heterocycles. The number of thioether (sulfide) groups is 1. The van der Waals surface area contributed by atoms with Crippen molar-refractivity contribution in [1.29, 1.82) is 0 Å². The van der Waals surface area contributed by atoms with Crippen molar-refractivity contribution in [3.8, 4) is 0 Å². The summed E-state index contributed by atoms with van der Waals surface area (Å²) in [4.78, 5) is 4.80. The quantitative estimate of drug-likeness (QED) is 0.768. The van der Waals surface area contributed by atoms with Gasteiger partial charge in [0.1, 0.15) is 11.4 Å². The number of ether oxygens (including phenoxy) is 1. The van der Waals surface area contributed by atoms with Crippen LogP contribution in [0.3, 0.4) is 0 Å². The van der Waals surface area contributed by atoms with Gasteiger partial charge in [-0.05, 0) is 31.5 Å². The van der Waals surface area contributed by atoms with Gasteiger partial charge in [0, 0.05) is 28.3 Å². The Bertz CT molecular complexity index is 536. The van der Waals surface area contributed by atoms with Gasteiger partial charge >= 0.3 is 0 Å². The van der Waals surface area contributed by atoms with Crippen molar-refractivity contribution in [3.63, 3.8) is 0 Å². The van der Waals surface area contributed by atoms with Crippen molar-refractivity contribution >= 4 is 32.7 Å². The first-order valence-electron chi connectivity index (χ1n) is 6.34. The second-order valence-electron chi connectivity index (χ2n) is 5.03. The van der Waals surface area contributed by atoms with E-state index in [0.717, 1.165) is 28.3 Å². The fourth-order valence-corrected chi connectivity index (χ4v) is 4.35. The van der Waals surface area contributed by atoms with E-state index in [-0.39, 0.29) is 5.82 Å². The predicted octanol–water partition coefficient (Wildman–Crippen LogP) is 3.99. The minimum Gasteiger partial charge on any atom is -0.379 e. The monoisotopic (exact) mass is 343 g/mol. The molecule has 0 radical (unpaired) electrons. The third-order valence-corrected chi connectivity index (χ3v) is 5.42. The van der Waals surface area contributed by atoms with Crippen molar-refractivity contribution in [1.82, 2.24) is 0 Å². The maximum absolute atomic E-state index is 14.3. The molecule has 1 saturated heterocycles. The lowest BCUT2D eigenvalue weighted by atomic mass is 9.76. The lowest BCUT2D eigenvalue weighted by Crippen LogP contribution is -2.46. The smallest absolute Gasteiger partial charge is 0.129 e. The Morgan fingerprint density at radius 2 is 2.37 bits per heavy atom. The van der Waals surface area contributed by atoms with Crippen LogP contribution in [0.2, 0.25) is 0 Å². The van der Waals surface area contributed by atoms with E-state index >= 15 is 0 Å². The van der Waals surface area contributed by atoms with Crippen LogP contribution in [0.1, 0.15) is 18.9 Å². The second-order valence-corrected chi connectivity index (χ2v) is 7.16. The molecule has 0 N–H and O–H groups in total. The van der Waals surface area contributed by atoms with Gasteiger partial charge in [-0.25, -0.2) is 4.39 Å². The van der Waals surface area contributed by atoms with Gasteiger partial charge in [-0.3, -0.25) is 4.99 Å². The lowest BCUT2D eigenvalue weighted by molar-refractivity contribution is 0.00302. The van der Waals surface area contributed by atoms with Crippen LogP contribution in [0.15, 0.2) is 27.7 Å². The molecule has 0 saturated carbocycles. The average molecular weight is 344 g/mol. The van der Waals surface area contributed by atoms with Crippen molar-refractivity contribution in [2.45, 2.75) is 18.9 Å². The normalized spacial score (nSPS) is 30.7. The first-order valence-corrected chi connectivity index (χ1v) is 8.12. The van der Waals surface area contributed by atoms with Crippen molar-refractivity contribution in [2.24, 2.45) is 10.9 Å². The highest BCUT2D eigenvalue weighted by Gasteiger charge is 2.46. The molecule has 0 spiro atoms. The minimum atomic E-state index is -0.540. The molecule has 0 aliphatic carbocycles. The molecular formula is C14H15BrFNOS. The van der Waals surface area contributed by atoms with Crippen LogP contribution in [-0.2, 0) is 10.3 Å². The number of fused-ring (bicyclic) bond motifs is 1. The zero-order valence-corrected chi connectivity index (χ0v) is 13.1. The molecule has 2 atom stereocenters. The van der Waals surface area contributed by atoms with E-state index in [9.17, 15) is 4.39 Å². The summed E-state index contributed by atoms with van der Waals surface area (Å²) in [5.41, 5.74) is 0.118. The number of hydrogen-bond donors (Lipinski definition) is 0. The van der Waals surface area contributed by atoms with Gasteiger partial charge in [-0.1, -0.05) is 15.9 Å². The van der Waals surface area contributed by atoms with E-state index in [2.05, 4.69) is 15.9 Å². The molecule has 2 heterocycles. The first kappa shape index (κ1) is 13.6. The number of benzene rings is 1. The molecule has 3 rings (SSSR count). The van der Waals surface area contributed by atoms with Crippen LogP contribution in [0.25, 0.3) is 0 Å². The summed E-state index contributed by atoms with van der Waals surface area (Å²) in [6.45, 7) is 3.22. The Hall–Kier alpha value is -0.390. The number of nitrogens with zero attached hydrogens (tertiary/aromatic N) is 1. The third-order valence-electron chi connectivity index (χ3n) is 3.85. The molecule has 5 heteroatoms. The molecule has 0 bridgehead atoms. The van der Waals surface area contributed by atoms with Crippen LogP contribution in [0.4, 0.5) is 4.39 Å². The summed E-state index contributed by atoms with van der Waals surface area (Å²) in [7, 11) is 0. The summed E-state index contributed by atoms with van der Waals surface area (Å²) >= 11 is 5.20. The van der Waals surface area contributed by atoms with Gasteiger partial charge < -0.3 is 4.74 Å². The van der Waals surface area contributed by atoms with E-state index in [4.69, 9.17) is 9.73 Å². The standard InChI is InChI=1S/C14H15BrFNOS/c1-9-17-14(8-18-5-4-10(14)7-19-9)12-6-11(15)2-3-13(12)16/h2-3,6,10H,4-5,7-8H2,1H3. The van der Waals surface area contributed by atoms with Crippen LogP contribution in [0, 0.1) is 11.7 Å². The Morgan fingerprint density at radius 3 is 3.21 bits per heavy atom. The molecular weight excluding hydrogens is 329 g/mol. The van der Waals surface area contributed by atoms with E-state index < -0.39 is 5.54 Å². The van der Waals surface area contributed by atoms with Gasteiger partial charge in [-0.15, -0.1) is 11.8 Å². The van der Waals surface area contributed by atoms with Gasteiger partial charge in [0.15, 0.2) is 0 Å². The summed E-state index contributed by atoms with van der Waals surface area (Å²) in [6, 6.07) is 5.08. The predicted molar refractivity (Wildman–Crippen MR) is 80.3 cm³/mol. The number of halogens is 2. The topological polar surface area (TPSA) is 21.6 Å². The Labute approximate surface area is 125 Å². The Balaban J connectivity index is 2.16. The van der Waals surface area contributed by atoms with Crippen molar-refractivity contribution in [3.05, 3.63) is 34.1 Å². The highest BCUT2D eigenvalue weighted by atomic mass is 79.9. The zero-order chi connectivity index (χ0) is 13.5. The van der Waals surface area contributed by atoms with Crippen LogP contribution in [0.5, 0.6) is 0 Å². The molecule has 1 fully saturated rings. The Kier molecular flexibility index (Phi) is 3.71. The minimum absolute atomic E-state index is 0.192. The highest BCUT2D eigenvalue weighted by molar-refractivity contribution is 9.10. The maximum Gasteiger partial charge on any atom is 0.129 e. The first-order chi connectivity index (χ1) is 9.12. The summed E-state index contributed by atoms with van der Waals surface area (Å²) in [5.74, 6) is 1.14. The van der Waals surface area contributed by atoms with Gasteiger partial charge in [0.2, 0.25) is 0 Å². The van der Waals surface area contributed by atoms with E-state index in [1.807, 2.05) is 13.0 Å². The van der Waals surface area contributed by atoms with Crippen molar-refractivity contribution < 1.29 is 9.13 Å². The van der Waals surface area contributed by atoms with E-state index in [1.54, 1.807) is 17.8 Å². The molecule has 2 aliphatic heterocycles. The molecule has 0 amide bonds. The fraction of sp³-hybridized carbons (Fsp3) is 0.500. The fourth-order valence-electron chi connectivity index (χ4n) is 2.88. The summed E-state index contributed by atoms with van der Waals surface area (Å²) in [5, 5.41) is 1.01. The third kappa shape index (κ3) is 2.36. The highest BCUT2D eigenvalue weighted by Crippen LogP contribution is 2.46. The van der Waals surface area contributed by atoms with Crippen molar-refractivity contribution in [2.75, 3.05) is 19.0 Å². The molecule has 1 aromatic carbocycles. The Morgan fingerprint density at radius 1 is 1.53 bits per heavy atom. The number of rotatable bonds is 1. The van der Waals surface area contributed by atoms with Gasteiger partial charge in [-0.2, -0.15) is 0 Å². The van der Waals surface area contributed by atoms with Crippen LogP contribution < -0.4 is 0 Å². The molecule has 2 unspecified atom stereocenters. The molecule has 1 aromatic rings. The summed E-state index contributed by atoms with van der Waals surface area (Å²) < 4.78 is 20.8. The van der Waals surface area contributed by atoms with E-state index in [0.29, 0.717) is 18.1 Å². The zero-order valence-electron chi connectivity index (χ0n) is 10.7. The molecule has 2 nitrogen and oxygen atoms in total. The van der Waals surface area contributed by atoms with E-state index in [1.165, 1.54) is 6.07 Å². The van der Waals surface area contributed by atoms with Gasteiger partial charge in [0.05, 0.1) is 11.7 Å². The second kappa shape index (κ2) is 5.19. The molecule has 2 aliphatic rings. The molecule has 102 valence electrons. The van der Waals surface area contributed by atoms with Crippen LogP contribution >= 0.6 is 27.7 Å². The maximum atomic E-state index is 14.3.